The zero-order valence-corrected chi connectivity index (χ0v) is 14.9. The molecule has 0 saturated carbocycles. The maximum atomic E-state index is 12.7. The largest absolute Gasteiger partial charge is 0.493 e. The van der Waals surface area contributed by atoms with Crippen molar-refractivity contribution in [3.8, 4) is 17.2 Å². The zero-order valence-electron chi connectivity index (χ0n) is 14.9. The van der Waals surface area contributed by atoms with Crippen LogP contribution in [0.25, 0.3) is 0 Å². The van der Waals surface area contributed by atoms with Crippen LogP contribution < -0.4 is 19.1 Å². The first-order valence-electron chi connectivity index (χ1n) is 7.99. The molecule has 0 aliphatic heterocycles. The molecule has 0 aromatic heterocycles. The predicted octanol–water partition coefficient (Wildman–Crippen LogP) is 2.83. The van der Waals surface area contributed by atoms with Crippen LogP contribution in [0, 0.1) is 0 Å². The summed E-state index contributed by atoms with van der Waals surface area (Å²) in [5, 5.41) is 8.62. The van der Waals surface area contributed by atoms with Crippen LogP contribution in [-0.2, 0) is 4.79 Å². The topological polar surface area (TPSA) is 85.3 Å². The molecule has 0 atom stereocenters. The van der Waals surface area contributed by atoms with Crippen molar-refractivity contribution in [2.75, 3.05) is 32.3 Å². The van der Waals surface area contributed by atoms with Gasteiger partial charge in [0, 0.05) is 18.3 Å². The fourth-order valence-corrected chi connectivity index (χ4v) is 2.30. The summed E-state index contributed by atoms with van der Waals surface area (Å²) < 4.78 is 15.8. The van der Waals surface area contributed by atoms with Crippen molar-refractivity contribution in [1.82, 2.24) is 0 Å². The molecule has 7 nitrogen and oxygen atoms in total. The third kappa shape index (κ3) is 4.66. The molecule has 26 heavy (non-hydrogen) atoms. The number of aliphatic carboxylic acids is 1. The fourth-order valence-electron chi connectivity index (χ4n) is 2.30. The van der Waals surface area contributed by atoms with Crippen molar-refractivity contribution in [1.29, 1.82) is 0 Å². The van der Waals surface area contributed by atoms with Gasteiger partial charge in [0.1, 0.15) is 5.75 Å². The third-order valence-corrected chi connectivity index (χ3v) is 3.60. The summed E-state index contributed by atoms with van der Waals surface area (Å²) in [5.41, 5.74) is 1.10. The molecule has 2 rings (SSSR count). The number of hydrogen-bond acceptors (Lipinski definition) is 5. The molecule has 0 heterocycles. The van der Waals surface area contributed by atoms with Crippen molar-refractivity contribution in [3.05, 3.63) is 48.0 Å². The quantitative estimate of drug-likeness (QED) is 0.780. The molecule has 0 aliphatic rings. The Morgan fingerprint density at radius 2 is 1.73 bits per heavy atom. The van der Waals surface area contributed by atoms with Gasteiger partial charge in [-0.3, -0.25) is 4.79 Å². The van der Waals surface area contributed by atoms with Gasteiger partial charge in [-0.15, -0.1) is 0 Å². The number of benzene rings is 2. The summed E-state index contributed by atoms with van der Waals surface area (Å²) in [7, 11) is 3.17. The van der Waals surface area contributed by atoms with E-state index in [9.17, 15) is 9.59 Å². The predicted molar refractivity (Wildman–Crippen MR) is 96.5 cm³/mol. The molecule has 0 saturated heterocycles. The average molecular weight is 359 g/mol. The molecule has 138 valence electrons. The van der Waals surface area contributed by atoms with Crippen LogP contribution in [0.3, 0.4) is 0 Å². The molecular formula is C19H21NO6. The number of methoxy groups -OCH3 is 1. The summed E-state index contributed by atoms with van der Waals surface area (Å²) in [6.45, 7) is 1.95. The lowest BCUT2D eigenvalue weighted by molar-refractivity contribution is -0.139. The number of carboxylic acids is 1. The lowest BCUT2D eigenvalue weighted by Crippen LogP contribution is -2.26. The molecule has 0 fully saturated rings. The summed E-state index contributed by atoms with van der Waals surface area (Å²) >= 11 is 0. The molecule has 2 aromatic carbocycles. The monoisotopic (exact) mass is 359 g/mol. The summed E-state index contributed by atoms with van der Waals surface area (Å²) in [5.74, 6) is 0.216. The third-order valence-electron chi connectivity index (χ3n) is 3.60. The first-order valence-corrected chi connectivity index (χ1v) is 7.99. The highest BCUT2D eigenvalue weighted by Gasteiger charge is 2.16. The maximum absolute atomic E-state index is 12.7. The minimum absolute atomic E-state index is 0.217. The lowest BCUT2D eigenvalue weighted by atomic mass is 10.1. The molecule has 0 bridgehead atoms. The highest BCUT2D eigenvalue weighted by Crippen LogP contribution is 2.29. The van der Waals surface area contributed by atoms with Gasteiger partial charge >= 0.3 is 5.97 Å². The van der Waals surface area contributed by atoms with Crippen LogP contribution >= 0.6 is 0 Å². The fraction of sp³-hybridized carbons (Fsp3) is 0.263. The van der Waals surface area contributed by atoms with Gasteiger partial charge in [0.15, 0.2) is 18.1 Å². The smallest absolute Gasteiger partial charge is 0.341 e. The Morgan fingerprint density at radius 1 is 1.04 bits per heavy atom. The van der Waals surface area contributed by atoms with E-state index in [4.69, 9.17) is 19.3 Å². The standard InChI is InChI=1S/C19H21NO6/c1-4-25-16-10-5-13(11-17(16)24-3)19(23)20(2)14-6-8-15(9-7-14)26-12-18(21)22/h5-11H,4,12H2,1-3H3,(H,21,22). The van der Waals surface area contributed by atoms with Gasteiger partial charge in [-0.2, -0.15) is 0 Å². The number of amides is 1. The van der Waals surface area contributed by atoms with E-state index in [1.165, 1.54) is 12.0 Å². The summed E-state index contributed by atoms with van der Waals surface area (Å²) in [6, 6.07) is 11.6. The highest BCUT2D eigenvalue weighted by molar-refractivity contribution is 6.06. The molecular weight excluding hydrogens is 338 g/mol. The van der Waals surface area contributed by atoms with Crippen molar-refractivity contribution in [3.63, 3.8) is 0 Å². The van der Waals surface area contributed by atoms with Crippen LogP contribution in [-0.4, -0.2) is 44.4 Å². The second kappa shape index (κ2) is 8.75. The van der Waals surface area contributed by atoms with E-state index >= 15 is 0 Å². The Morgan fingerprint density at radius 3 is 2.31 bits per heavy atom. The van der Waals surface area contributed by atoms with Gasteiger partial charge in [-0.1, -0.05) is 0 Å². The summed E-state index contributed by atoms with van der Waals surface area (Å²) in [4.78, 5) is 24.7. The Bertz CT molecular complexity index is 772. The van der Waals surface area contributed by atoms with Crippen molar-refractivity contribution < 1.29 is 28.9 Å². The van der Waals surface area contributed by atoms with Crippen LogP contribution in [0.4, 0.5) is 5.69 Å². The van der Waals surface area contributed by atoms with Crippen LogP contribution in [0.2, 0.25) is 0 Å². The van der Waals surface area contributed by atoms with Crippen molar-refractivity contribution in [2.24, 2.45) is 0 Å². The molecule has 0 unspecified atom stereocenters. The van der Waals surface area contributed by atoms with Crippen LogP contribution in [0.15, 0.2) is 42.5 Å². The van der Waals surface area contributed by atoms with E-state index in [2.05, 4.69) is 0 Å². The number of carbonyl (C=O) groups is 2. The number of nitrogens with zero attached hydrogens (tertiary/aromatic N) is 1. The minimum Gasteiger partial charge on any atom is -0.493 e. The van der Waals surface area contributed by atoms with Gasteiger partial charge < -0.3 is 24.2 Å². The van der Waals surface area contributed by atoms with Gasteiger partial charge in [-0.05, 0) is 49.4 Å². The van der Waals surface area contributed by atoms with E-state index in [0.29, 0.717) is 35.1 Å². The summed E-state index contributed by atoms with van der Waals surface area (Å²) in [6.07, 6.45) is 0. The van der Waals surface area contributed by atoms with E-state index < -0.39 is 12.6 Å². The molecule has 1 amide bonds. The van der Waals surface area contributed by atoms with Gasteiger partial charge in [0.05, 0.1) is 13.7 Å². The normalized spacial score (nSPS) is 10.1. The minimum atomic E-state index is -1.05. The number of ether oxygens (including phenoxy) is 3. The highest BCUT2D eigenvalue weighted by atomic mass is 16.5. The first kappa shape index (κ1) is 19.1. The molecule has 0 spiro atoms. The molecule has 0 aliphatic carbocycles. The van der Waals surface area contributed by atoms with Gasteiger partial charge in [0.25, 0.3) is 5.91 Å². The van der Waals surface area contributed by atoms with Crippen LogP contribution in [0.5, 0.6) is 17.2 Å². The molecule has 1 N–H and O–H groups in total. The molecule has 0 radical (unpaired) electrons. The van der Waals surface area contributed by atoms with E-state index in [0.717, 1.165) is 0 Å². The second-order valence-electron chi connectivity index (χ2n) is 5.34. The number of carbonyl (C=O) groups excluding carboxylic acids is 1. The Hall–Kier alpha value is -3.22. The number of anilines is 1. The number of hydrogen-bond donors (Lipinski definition) is 1. The van der Waals surface area contributed by atoms with E-state index in [-0.39, 0.29) is 5.91 Å². The van der Waals surface area contributed by atoms with Crippen molar-refractivity contribution in [2.45, 2.75) is 6.92 Å². The van der Waals surface area contributed by atoms with E-state index in [1.54, 1.807) is 49.5 Å². The van der Waals surface area contributed by atoms with E-state index in [1.807, 2.05) is 6.92 Å². The number of rotatable bonds is 8. The Balaban J connectivity index is 2.14. The maximum Gasteiger partial charge on any atom is 0.341 e. The zero-order chi connectivity index (χ0) is 19.1. The SMILES string of the molecule is CCOc1ccc(C(=O)N(C)c2ccc(OCC(=O)O)cc2)cc1OC. The van der Waals surface area contributed by atoms with Crippen LogP contribution in [0.1, 0.15) is 17.3 Å². The van der Waals surface area contributed by atoms with Gasteiger partial charge in [0.2, 0.25) is 0 Å². The van der Waals surface area contributed by atoms with Crippen molar-refractivity contribution >= 4 is 17.6 Å². The lowest BCUT2D eigenvalue weighted by Gasteiger charge is -2.19. The molecule has 7 heteroatoms. The first-order chi connectivity index (χ1) is 12.5. The van der Waals surface area contributed by atoms with Gasteiger partial charge in [-0.25, -0.2) is 4.79 Å². The molecule has 2 aromatic rings. The Labute approximate surface area is 151 Å². The second-order valence-corrected chi connectivity index (χ2v) is 5.34. The Kier molecular flexibility index (Phi) is 6.43. The average Bonchev–Trinajstić information content (AvgIpc) is 2.66. The number of carboxylic acid groups (broad SMARTS) is 1.